The third kappa shape index (κ3) is 5.24. The summed E-state index contributed by atoms with van der Waals surface area (Å²) in [5, 5.41) is 6.72. The molecule has 0 amide bonds. The summed E-state index contributed by atoms with van der Waals surface area (Å²) in [6.45, 7) is 5.21. The predicted molar refractivity (Wildman–Crippen MR) is 146 cm³/mol. The summed E-state index contributed by atoms with van der Waals surface area (Å²) < 4.78 is 44.7. The van der Waals surface area contributed by atoms with Crippen LogP contribution in [0.25, 0.3) is 0 Å². The fraction of sp³-hybridized carbons (Fsp3) is 0.360. The van der Waals surface area contributed by atoms with Gasteiger partial charge in [0.2, 0.25) is 5.95 Å². The van der Waals surface area contributed by atoms with Gasteiger partial charge in [0, 0.05) is 17.6 Å². The van der Waals surface area contributed by atoms with E-state index in [1.54, 1.807) is 45.2 Å². The molecule has 36 heavy (non-hydrogen) atoms. The number of para-hydroxylation sites is 1. The van der Waals surface area contributed by atoms with Gasteiger partial charge in [-0.15, -0.1) is 0 Å². The molecule has 4 rings (SSSR count). The maximum absolute atomic E-state index is 13.4. The summed E-state index contributed by atoms with van der Waals surface area (Å²) in [6.07, 6.45) is 4.85. The van der Waals surface area contributed by atoms with Crippen LogP contribution >= 0.6 is 18.7 Å². The molecule has 192 valence electrons. The Balaban J connectivity index is 1.66. The monoisotopic (exact) mass is 548 g/mol. The van der Waals surface area contributed by atoms with Gasteiger partial charge in [-0.05, 0) is 63.4 Å². The number of nitrogens with zero attached hydrogens (tertiary/aromatic N) is 2. The van der Waals surface area contributed by atoms with Crippen molar-refractivity contribution in [1.82, 2.24) is 9.97 Å². The molecule has 2 aromatic carbocycles. The summed E-state index contributed by atoms with van der Waals surface area (Å²) in [6, 6.07) is 10.4. The van der Waals surface area contributed by atoms with Crippen LogP contribution in [0.4, 0.5) is 23.1 Å². The molecular weight excluding hydrogens is 519 g/mol. The van der Waals surface area contributed by atoms with Crippen LogP contribution in [0, 0.1) is 6.92 Å². The standard InChI is InChI=1S/C25H30ClN4O4PS/c1-16(2)36(32,33)23-10-6-5-9-19(23)28-24-18(26)15-27-25(30-24)29-20-13-17(3)22(14-21(20)34-4)35(31)11-7-8-12-35/h5-6,9-10,13-16H,7-8,11-12H2,1-4H3,(H2,27,28,29,30). The van der Waals surface area contributed by atoms with Gasteiger partial charge in [-0.3, -0.25) is 0 Å². The Labute approximate surface area is 217 Å². The van der Waals surface area contributed by atoms with Gasteiger partial charge in [-0.1, -0.05) is 23.7 Å². The van der Waals surface area contributed by atoms with Crippen molar-refractivity contribution in [2.24, 2.45) is 0 Å². The first-order valence-corrected chi connectivity index (χ1v) is 15.7. The first kappa shape index (κ1) is 26.5. The molecule has 8 nitrogen and oxygen atoms in total. The fourth-order valence-electron chi connectivity index (χ4n) is 4.31. The van der Waals surface area contributed by atoms with Crippen molar-refractivity contribution in [2.45, 2.75) is 43.8 Å². The molecule has 1 aliphatic rings. The van der Waals surface area contributed by atoms with Crippen LogP contribution in [0.3, 0.4) is 0 Å². The van der Waals surface area contributed by atoms with Crippen LogP contribution in [-0.2, 0) is 14.4 Å². The number of methoxy groups -OCH3 is 1. The number of sulfone groups is 1. The highest BCUT2D eigenvalue weighted by molar-refractivity contribution is 7.92. The average Bonchev–Trinajstić information content (AvgIpc) is 3.28. The van der Waals surface area contributed by atoms with E-state index in [1.165, 1.54) is 6.20 Å². The van der Waals surface area contributed by atoms with E-state index >= 15 is 0 Å². The summed E-state index contributed by atoms with van der Waals surface area (Å²) in [4.78, 5) is 8.92. The first-order chi connectivity index (χ1) is 17.0. The Bertz CT molecular complexity index is 1440. The molecule has 0 bridgehead atoms. The van der Waals surface area contributed by atoms with Crippen LogP contribution in [0.5, 0.6) is 5.75 Å². The number of hydrogen-bond acceptors (Lipinski definition) is 8. The van der Waals surface area contributed by atoms with E-state index in [4.69, 9.17) is 16.3 Å². The second-order valence-electron chi connectivity index (χ2n) is 9.11. The molecule has 1 aliphatic heterocycles. The van der Waals surface area contributed by atoms with Gasteiger partial charge in [-0.25, -0.2) is 13.4 Å². The molecule has 11 heteroatoms. The zero-order valence-corrected chi connectivity index (χ0v) is 23.2. The van der Waals surface area contributed by atoms with E-state index in [-0.39, 0.29) is 21.7 Å². The van der Waals surface area contributed by atoms with Crippen LogP contribution in [-0.4, -0.2) is 43.1 Å². The number of aryl methyl sites for hydroxylation is 1. The van der Waals surface area contributed by atoms with Crippen molar-refractivity contribution in [3.63, 3.8) is 0 Å². The Hall–Kier alpha value is -2.61. The number of halogens is 1. The van der Waals surface area contributed by atoms with Crippen LogP contribution in [0.1, 0.15) is 32.3 Å². The van der Waals surface area contributed by atoms with Crippen LogP contribution in [0.2, 0.25) is 5.02 Å². The Morgan fingerprint density at radius 1 is 1.08 bits per heavy atom. The second-order valence-corrected chi connectivity index (χ2v) is 15.1. The molecule has 0 radical (unpaired) electrons. The molecule has 0 spiro atoms. The summed E-state index contributed by atoms with van der Waals surface area (Å²) in [5.41, 5.74) is 1.92. The number of ether oxygens (including phenoxy) is 1. The van der Waals surface area contributed by atoms with E-state index in [0.717, 1.165) is 36.0 Å². The van der Waals surface area contributed by atoms with Gasteiger partial charge in [0.15, 0.2) is 15.7 Å². The zero-order chi connectivity index (χ0) is 26.1. The lowest BCUT2D eigenvalue weighted by atomic mass is 10.2. The normalized spacial score (nSPS) is 15.2. The minimum atomic E-state index is -3.53. The Morgan fingerprint density at radius 2 is 1.78 bits per heavy atom. The van der Waals surface area contributed by atoms with Gasteiger partial charge in [0.25, 0.3) is 0 Å². The Kier molecular flexibility index (Phi) is 7.64. The molecule has 1 aromatic heterocycles. The number of hydrogen-bond donors (Lipinski definition) is 2. The number of benzene rings is 2. The molecule has 0 unspecified atom stereocenters. The number of aromatic nitrogens is 2. The molecular formula is C25H30ClN4O4PS. The molecule has 0 saturated carbocycles. The van der Waals surface area contributed by atoms with Crippen molar-refractivity contribution in [2.75, 3.05) is 30.1 Å². The van der Waals surface area contributed by atoms with Gasteiger partial charge < -0.3 is 19.9 Å². The van der Waals surface area contributed by atoms with Gasteiger partial charge in [0.1, 0.15) is 17.9 Å². The first-order valence-electron chi connectivity index (χ1n) is 11.7. The van der Waals surface area contributed by atoms with Gasteiger partial charge in [-0.2, -0.15) is 4.98 Å². The maximum atomic E-state index is 13.4. The number of rotatable bonds is 8. The lowest BCUT2D eigenvalue weighted by Crippen LogP contribution is -2.15. The summed E-state index contributed by atoms with van der Waals surface area (Å²) in [7, 11) is -4.37. The van der Waals surface area contributed by atoms with E-state index < -0.39 is 22.2 Å². The molecule has 0 aliphatic carbocycles. The smallest absolute Gasteiger partial charge is 0.229 e. The van der Waals surface area contributed by atoms with Crippen LogP contribution < -0.4 is 20.7 Å². The molecule has 3 aromatic rings. The molecule has 2 N–H and O–H groups in total. The molecule has 1 fully saturated rings. The molecule has 0 atom stereocenters. The van der Waals surface area contributed by atoms with Crippen LogP contribution in [0.15, 0.2) is 47.5 Å². The van der Waals surface area contributed by atoms with E-state index in [9.17, 15) is 13.0 Å². The highest BCUT2D eigenvalue weighted by Gasteiger charge is 2.31. The quantitative estimate of drug-likeness (QED) is 0.335. The third-order valence-electron chi connectivity index (χ3n) is 6.30. The van der Waals surface area contributed by atoms with Crippen molar-refractivity contribution < 1.29 is 17.7 Å². The molecule has 2 heterocycles. The number of anilines is 4. The second kappa shape index (κ2) is 10.4. The third-order valence-corrected chi connectivity index (χ3v) is 12.2. The molecule has 1 saturated heterocycles. The lowest BCUT2D eigenvalue weighted by Gasteiger charge is -2.19. The SMILES string of the molecule is COc1cc(P2(=O)CCCC2)c(C)cc1Nc1ncc(Cl)c(Nc2ccccc2S(=O)(=O)C(C)C)n1. The lowest BCUT2D eigenvalue weighted by molar-refractivity contribution is 0.417. The van der Waals surface area contributed by atoms with Crippen molar-refractivity contribution in [3.05, 3.63) is 53.2 Å². The summed E-state index contributed by atoms with van der Waals surface area (Å²) >= 11 is 6.35. The maximum Gasteiger partial charge on any atom is 0.229 e. The minimum Gasteiger partial charge on any atom is -0.495 e. The van der Waals surface area contributed by atoms with Crippen molar-refractivity contribution in [3.8, 4) is 5.75 Å². The topological polar surface area (TPSA) is 110 Å². The zero-order valence-electron chi connectivity index (χ0n) is 20.7. The Morgan fingerprint density at radius 3 is 2.44 bits per heavy atom. The summed E-state index contributed by atoms with van der Waals surface area (Å²) in [5.74, 6) is 1.03. The van der Waals surface area contributed by atoms with E-state index in [1.807, 2.05) is 19.1 Å². The van der Waals surface area contributed by atoms with Crippen molar-refractivity contribution in [1.29, 1.82) is 0 Å². The largest absolute Gasteiger partial charge is 0.495 e. The highest BCUT2D eigenvalue weighted by atomic mass is 35.5. The van der Waals surface area contributed by atoms with Gasteiger partial charge in [0.05, 0.1) is 34.8 Å². The minimum absolute atomic E-state index is 0.166. The van der Waals surface area contributed by atoms with Crippen molar-refractivity contribution >= 4 is 57.0 Å². The highest BCUT2D eigenvalue weighted by Crippen LogP contribution is 2.52. The van der Waals surface area contributed by atoms with E-state index in [0.29, 0.717) is 17.1 Å². The van der Waals surface area contributed by atoms with E-state index in [2.05, 4.69) is 20.6 Å². The fourth-order valence-corrected chi connectivity index (χ4v) is 8.88. The van der Waals surface area contributed by atoms with Gasteiger partial charge >= 0.3 is 0 Å². The number of nitrogens with one attached hydrogen (secondary N) is 2. The predicted octanol–water partition coefficient (Wildman–Crippen LogP) is 5.90. The average molecular weight is 549 g/mol.